The zero-order chi connectivity index (χ0) is 14.4. The molecule has 0 aliphatic heterocycles. The Bertz CT molecular complexity index is 571. The van der Waals surface area contributed by atoms with Gasteiger partial charge in [-0.25, -0.2) is 9.48 Å². The predicted molar refractivity (Wildman–Crippen MR) is 77.6 cm³/mol. The summed E-state index contributed by atoms with van der Waals surface area (Å²) < 4.78 is 6.75. The summed E-state index contributed by atoms with van der Waals surface area (Å²) in [5.41, 5.74) is 1.70. The highest BCUT2D eigenvalue weighted by Crippen LogP contribution is 2.22. The zero-order valence-corrected chi connectivity index (χ0v) is 12.3. The third-order valence-electron chi connectivity index (χ3n) is 2.65. The molecule has 0 aliphatic rings. The van der Waals surface area contributed by atoms with Crippen LogP contribution in [-0.4, -0.2) is 44.6 Å². The summed E-state index contributed by atoms with van der Waals surface area (Å²) in [6, 6.07) is 3.69. The summed E-state index contributed by atoms with van der Waals surface area (Å²) in [6.45, 7) is 2.75. The lowest BCUT2D eigenvalue weighted by molar-refractivity contribution is 0.0520. The Labute approximate surface area is 121 Å². The Balaban J connectivity index is 2.43. The zero-order valence-electron chi connectivity index (χ0n) is 11.4. The van der Waals surface area contributed by atoms with Crippen molar-refractivity contribution < 1.29 is 9.53 Å². The van der Waals surface area contributed by atoms with Crippen LogP contribution in [0.1, 0.15) is 17.4 Å². The quantitative estimate of drug-likeness (QED) is 0.757. The highest BCUT2D eigenvalue weighted by molar-refractivity contribution is 7.98. The van der Waals surface area contributed by atoms with E-state index in [-0.39, 0.29) is 5.69 Å². The number of hydrogen-bond donors (Lipinski definition) is 0. The molecule has 0 N–H and O–H groups in total. The number of carbonyl (C=O) groups excluding carboxylic acids is 1. The van der Waals surface area contributed by atoms with E-state index >= 15 is 0 Å². The number of thioether (sulfide) groups is 1. The van der Waals surface area contributed by atoms with Gasteiger partial charge in [-0.05, 0) is 25.3 Å². The Morgan fingerprint density at radius 1 is 1.50 bits per heavy atom. The summed E-state index contributed by atoms with van der Waals surface area (Å²) in [5, 5.41) is 8.02. The first-order valence-corrected chi connectivity index (χ1v) is 7.67. The molecule has 0 aliphatic carbocycles. The molecule has 20 heavy (non-hydrogen) atoms. The molecule has 0 unspecified atom stereocenters. The maximum absolute atomic E-state index is 12.0. The van der Waals surface area contributed by atoms with Crippen molar-refractivity contribution in [3.63, 3.8) is 0 Å². The molecule has 0 aromatic carbocycles. The number of esters is 1. The third kappa shape index (κ3) is 3.16. The molecule has 7 heteroatoms. The Hall–Kier alpha value is -1.89. The molecule has 0 spiro atoms. The highest BCUT2D eigenvalue weighted by atomic mass is 32.2. The molecule has 2 rings (SSSR count). The maximum atomic E-state index is 12.0. The van der Waals surface area contributed by atoms with Crippen LogP contribution in [0.4, 0.5) is 0 Å². The number of pyridine rings is 1. The molecule has 6 nitrogen and oxygen atoms in total. The van der Waals surface area contributed by atoms with E-state index < -0.39 is 5.97 Å². The van der Waals surface area contributed by atoms with E-state index in [1.807, 2.05) is 18.4 Å². The number of rotatable bonds is 6. The van der Waals surface area contributed by atoms with Crippen molar-refractivity contribution in [3.05, 3.63) is 30.2 Å². The maximum Gasteiger partial charge on any atom is 0.361 e. The summed E-state index contributed by atoms with van der Waals surface area (Å²) in [7, 11) is 0. The number of aryl methyl sites for hydroxylation is 1. The summed E-state index contributed by atoms with van der Waals surface area (Å²) >= 11 is 1.71. The predicted octanol–water partition coefficient (Wildman–Crippen LogP) is 1.88. The van der Waals surface area contributed by atoms with Crippen LogP contribution in [0.25, 0.3) is 11.3 Å². The van der Waals surface area contributed by atoms with Crippen LogP contribution in [0.15, 0.2) is 24.5 Å². The van der Waals surface area contributed by atoms with Gasteiger partial charge >= 0.3 is 5.97 Å². The molecular formula is C13H16N4O2S. The van der Waals surface area contributed by atoms with E-state index in [9.17, 15) is 4.79 Å². The summed E-state index contributed by atoms with van der Waals surface area (Å²) in [6.07, 6.45) is 5.40. The molecule has 2 heterocycles. The minimum Gasteiger partial charge on any atom is -0.461 e. The number of carbonyl (C=O) groups is 1. The first kappa shape index (κ1) is 14.5. The topological polar surface area (TPSA) is 69.9 Å². The van der Waals surface area contributed by atoms with Crippen molar-refractivity contribution >= 4 is 17.7 Å². The van der Waals surface area contributed by atoms with E-state index in [2.05, 4.69) is 15.3 Å². The van der Waals surface area contributed by atoms with Gasteiger partial charge in [0.1, 0.15) is 5.69 Å². The minimum atomic E-state index is -0.457. The Morgan fingerprint density at radius 2 is 2.35 bits per heavy atom. The number of nitrogens with zero attached hydrogens (tertiary/aromatic N) is 4. The molecular weight excluding hydrogens is 276 g/mol. The fraction of sp³-hybridized carbons (Fsp3) is 0.385. The van der Waals surface area contributed by atoms with E-state index in [0.717, 1.165) is 11.3 Å². The molecule has 0 radical (unpaired) electrons. The van der Waals surface area contributed by atoms with Crippen LogP contribution in [0.2, 0.25) is 0 Å². The van der Waals surface area contributed by atoms with Gasteiger partial charge in [-0.1, -0.05) is 5.21 Å². The lowest BCUT2D eigenvalue weighted by Crippen LogP contribution is -2.09. The lowest BCUT2D eigenvalue weighted by atomic mass is 10.1. The smallest absolute Gasteiger partial charge is 0.361 e. The largest absolute Gasteiger partial charge is 0.461 e. The molecule has 2 aromatic rings. The van der Waals surface area contributed by atoms with Crippen molar-refractivity contribution in [2.24, 2.45) is 0 Å². The fourth-order valence-corrected chi connectivity index (χ4v) is 2.13. The van der Waals surface area contributed by atoms with Gasteiger partial charge in [-0.15, -0.1) is 5.10 Å². The van der Waals surface area contributed by atoms with E-state index in [0.29, 0.717) is 18.8 Å². The normalized spacial score (nSPS) is 10.5. The molecule has 0 bridgehead atoms. The first-order chi connectivity index (χ1) is 9.77. The first-order valence-electron chi connectivity index (χ1n) is 6.27. The van der Waals surface area contributed by atoms with Gasteiger partial charge in [0.05, 0.1) is 13.2 Å². The van der Waals surface area contributed by atoms with Gasteiger partial charge in [0.25, 0.3) is 0 Å². The fourth-order valence-electron chi connectivity index (χ4n) is 1.77. The van der Waals surface area contributed by atoms with Gasteiger partial charge in [0.2, 0.25) is 0 Å². The second-order valence-corrected chi connectivity index (χ2v) is 4.95. The average Bonchev–Trinajstić information content (AvgIpc) is 2.90. The van der Waals surface area contributed by atoms with E-state index in [1.165, 1.54) is 0 Å². The van der Waals surface area contributed by atoms with Gasteiger partial charge in [-0.3, -0.25) is 4.98 Å². The van der Waals surface area contributed by atoms with Crippen molar-refractivity contribution in [2.45, 2.75) is 13.5 Å². The van der Waals surface area contributed by atoms with Gasteiger partial charge in [0.15, 0.2) is 5.69 Å². The second-order valence-electron chi connectivity index (χ2n) is 3.96. The van der Waals surface area contributed by atoms with Crippen LogP contribution in [0.3, 0.4) is 0 Å². The summed E-state index contributed by atoms with van der Waals surface area (Å²) in [5.74, 6) is 0.431. The van der Waals surface area contributed by atoms with Crippen LogP contribution in [0, 0.1) is 0 Å². The molecule has 0 saturated heterocycles. The van der Waals surface area contributed by atoms with E-state index in [1.54, 1.807) is 35.8 Å². The number of ether oxygens (including phenoxy) is 1. The Kier molecular flexibility index (Phi) is 5.11. The SMILES string of the molecule is CCOC(=O)c1nnn(CCSC)c1-c1cccnc1. The molecule has 2 aromatic heterocycles. The van der Waals surface area contributed by atoms with Crippen LogP contribution in [0.5, 0.6) is 0 Å². The van der Waals surface area contributed by atoms with Crippen LogP contribution < -0.4 is 0 Å². The van der Waals surface area contributed by atoms with Crippen LogP contribution >= 0.6 is 11.8 Å². The second kappa shape index (κ2) is 7.04. The third-order valence-corrected chi connectivity index (χ3v) is 3.24. The minimum absolute atomic E-state index is 0.237. The summed E-state index contributed by atoms with van der Waals surface area (Å²) in [4.78, 5) is 16.0. The van der Waals surface area contributed by atoms with Crippen molar-refractivity contribution in [2.75, 3.05) is 18.6 Å². The molecule has 0 amide bonds. The van der Waals surface area contributed by atoms with Crippen molar-refractivity contribution in [1.29, 1.82) is 0 Å². The standard InChI is InChI=1S/C13H16N4O2S/c1-3-19-13(18)11-12(10-5-4-6-14-9-10)17(16-15-11)7-8-20-2/h4-6,9H,3,7-8H2,1-2H3. The Morgan fingerprint density at radius 3 is 3.00 bits per heavy atom. The van der Waals surface area contributed by atoms with Crippen molar-refractivity contribution in [3.8, 4) is 11.3 Å². The molecule has 106 valence electrons. The van der Waals surface area contributed by atoms with Gasteiger partial charge in [0, 0.05) is 23.7 Å². The average molecular weight is 292 g/mol. The molecule has 0 saturated carbocycles. The monoisotopic (exact) mass is 292 g/mol. The van der Waals surface area contributed by atoms with Crippen LogP contribution in [-0.2, 0) is 11.3 Å². The molecule has 0 fully saturated rings. The lowest BCUT2D eigenvalue weighted by Gasteiger charge is -2.07. The van der Waals surface area contributed by atoms with Gasteiger partial charge < -0.3 is 4.74 Å². The van der Waals surface area contributed by atoms with Crippen molar-refractivity contribution in [1.82, 2.24) is 20.0 Å². The number of aromatic nitrogens is 4. The molecule has 0 atom stereocenters. The number of hydrogen-bond acceptors (Lipinski definition) is 6. The van der Waals surface area contributed by atoms with Gasteiger partial charge in [-0.2, -0.15) is 11.8 Å². The highest BCUT2D eigenvalue weighted by Gasteiger charge is 2.22. The van der Waals surface area contributed by atoms with E-state index in [4.69, 9.17) is 4.74 Å².